The predicted molar refractivity (Wildman–Crippen MR) is 50.6 cm³/mol. The molecule has 0 amide bonds. The molecule has 0 heterocycles. The fourth-order valence-electron chi connectivity index (χ4n) is 1.59. The molecule has 0 aromatic heterocycles. The molecule has 0 aliphatic rings. The van der Waals surface area contributed by atoms with E-state index in [1.807, 2.05) is 0 Å². The van der Waals surface area contributed by atoms with Crippen LogP contribution in [0.15, 0.2) is 0 Å². The van der Waals surface area contributed by atoms with Crippen molar-refractivity contribution in [1.29, 1.82) is 0 Å². The molecule has 0 aromatic carbocycles. The summed E-state index contributed by atoms with van der Waals surface area (Å²) in [5.74, 6) is -33.7. The predicted octanol–water partition coefficient (Wildman–Crippen LogP) is 5.86. The highest BCUT2D eigenvalue weighted by Crippen LogP contribution is 2.61. The third-order valence-electron chi connectivity index (χ3n) is 2.89. The van der Waals surface area contributed by atoms with E-state index >= 15 is 0 Å². The zero-order chi connectivity index (χ0) is 20.2. The molecule has 0 fully saturated rings. The number of halogens is 14. The second-order valence-corrected chi connectivity index (χ2v) is 5.16. The van der Waals surface area contributed by atoms with Crippen LogP contribution in [0.3, 0.4) is 0 Å². The van der Waals surface area contributed by atoms with E-state index in [0.717, 1.165) is 0 Å². The molecule has 0 aromatic rings. The Kier molecular flexibility index (Phi) is 5.29. The molecule has 0 radical (unpaired) electrons. The highest BCUT2D eigenvalue weighted by Gasteiger charge is 2.89. The number of hydrogen-bond acceptors (Lipinski definition) is 0. The van der Waals surface area contributed by atoms with Crippen LogP contribution in [0.5, 0.6) is 0 Å². The van der Waals surface area contributed by atoms with Crippen molar-refractivity contribution in [2.45, 2.75) is 61.7 Å². The molecule has 24 heavy (non-hydrogen) atoms. The second kappa shape index (κ2) is 5.51. The van der Waals surface area contributed by atoms with Crippen molar-refractivity contribution >= 4 is 0 Å². The third-order valence-corrected chi connectivity index (χ3v) is 2.89. The molecular formula is C10H8F14. The molecule has 1 unspecified atom stereocenters. The van der Waals surface area contributed by atoms with Gasteiger partial charge in [-0.1, -0.05) is 0 Å². The van der Waals surface area contributed by atoms with E-state index in [0.29, 0.717) is 0 Å². The topological polar surface area (TPSA) is 0 Å². The van der Waals surface area contributed by atoms with Crippen molar-refractivity contribution in [3.63, 3.8) is 0 Å². The monoisotopic (exact) mass is 394 g/mol. The summed E-state index contributed by atoms with van der Waals surface area (Å²) in [5, 5.41) is 0. The number of alkyl halides is 14. The Morgan fingerprint density at radius 3 is 1.04 bits per heavy atom. The zero-order valence-electron chi connectivity index (χ0n) is 11.5. The Morgan fingerprint density at radius 1 is 0.500 bits per heavy atom. The van der Waals surface area contributed by atoms with E-state index in [2.05, 4.69) is 0 Å². The summed E-state index contributed by atoms with van der Waals surface area (Å²) in [5.41, 5.74) is -6.42. The molecule has 0 aliphatic heterocycles. The molecule has 0 saturated carbocycles. The lowest BCUT2D eigenvalue weighted by atomic mass is 9.80. The Labute approximate surface area is 124 Å². The van der Waals surface area contributed by atoms with Crippen molar-refractivity contribution in [2.75, 3.05) is 0 Å². The van der Waals surface area contributed by atoms with E-state index in [4.69, 9.17) is 0 Å². The molecule has 14 heteroatoms. The maximum atomic E-state index is 13.8. The zero-order valence-corrected chi connectivity index (χ0v) is 11.5. The van der Waals surface area contributed by atoms with Crippen LogP contribution in [0, 0.1) is 0 Å². The first-order valence-electron chi connectivity index (χ1n) is 5.60. The van der Waals surface area contributed by atoms with E-state index in [1.54, 1.807) is 0 Å². The van der Waals surface area contributed by atoms with Crippen molar-refractivity contribution in [3.05, 3.63) is 0 Å². The lowest BCUT2D eigenvalue weighted by molar-refractivity contribution is -0.425. The van der Waals surface area contributed by atoms with Gasteiger partial charge in [0.25, 0.3) is 5.92 Å². The summed E-state index contributed by atoms with van der Waals surface area (Å²) >= 11 is 0. The van der Waals surface area contributed by atoms with E-state index in [-0.39, 0.29) is 0 Å². The maximum Gasteiger partial charge on any atom is 0.460 e. The largest absolute Gasteiger partial charge is 0.460 e. The molecule has 0 saturated heterocycles. The van der Waals surface area contributed by atoms with E-state index < -0.39 is 61.7 Å². The minimum atomic E-state index is -7.79. The Bertz CT molecular complexity index is 450. The summed E-state index contributed by atoms with van der Waals surface area (Å²) in [6.07, 6.45) is -10.8. The van der Waals surface area contributed by atoms with Crippen LogP contribution in [0.25, 0.3) is 0 Å². The molecular weight excluding hydrogens is 386 g/mol. The van der Waals surface area contributed by atoms with Gasteiger partial charge in [-0.15, -0.1) is 0 Å². The maximum absolute atomic E-state index is 13.8. The lowest BCUT2D eigenvalue weighted by Gasteiger charge is -2.43. The number of rotatable bonds is 6. The highest BCUT2D eigenvalue weighted by molar-refractivity contribution is 5.14. The fraction of sp³-hybridized carbons (Fsp3) is 1.00. The summed E-state index contributed by atoms with van der Waals surface area (Å²) in [7, 11) is 0. The highest BCUT2D eigenvalue weighted by atomic mass is 19.4. The average Bonchev–Trinajstić information content (AvgIpc) is 2.22. The van der Waals surface area contributed by atoms with Crippen LogP contribution in [0.1, 0.15) is 20.3 Å². The lowest BCUT2D eigenvalue weighted by Crippen LogP contribution is -2.71. The van der Waals surface area contributed by atoms with Crippen molar-refractivity contribution in [2.24, 2.45) is 0 Å². The standard InChI is InChI=1S/C10H8F14/c1-4(11,12)3-6(15,5(2,13)14)7(16,17)8(18,19)9(20,21)10(22,23)24/h3H2,1-2H3. The normalized spacial score (nSPS) is 18.5. The van der Waals surface area contributed by atoms with Gasteiger partial charge in [0.15, 0.2) is 0 Å². The van der Waals surface area contributed by atoms with Crippen molar-refractivity contribution in [3.8, 4) is 0 Å². The van der Waals surface area contributed by atoms with Gasteiger partial charge in [-0.25, -0.2) is 22.0 Å². The number of hydrogen-bond donors (Lipinski definition) is 0. The summed E-state index contributed by atoms with van der Waals surface area (Å²) in [6, 6.07) is 0. The molecule has 146 valence electrons. The first kappa shape index (κ1) is 23.0. The van der Waals surface area contributed by atoms with Gasteiger partial charge in [0.05, 0.1) is 6.42 Å². The van der Waals surface area contributed by atoms with Crippen LogP contribution in [-0.2, 0) is 0 Å². The minimum absolute atomic E-state index is 0.497. The van der Waals surface area contributed by atoms with Crippen LogP contribution < -0.4 is 0 Å². The average molecular weight is 394 g/mol. The molecule has 0 rings (SSSR count). The summed E-state index contributed by atoms with van der Waals surface area (Å²) < 4.78 is 179. The van der Waals surface area contributed by atoms with Crippen molar-refractivity contribution in [1.82, 2.24) is 0 Å². The Morgan fingerprint density at radius 2 is 0.833 bits per heavy atom. The van der Waals surface area contributed by atoms with Gasteiger partial charge in [0.1, 0.15) is 0 Å². The van der Waals surface area contributed by atoms with Gasteiger partial charge < -0.3 is 0 Å². The quantitative estimate of drug-likeness (QED) is 0.495. The van der Waals surface area contributed by atoms with Gasteiger partial charge >= 0.3 is 23.9 Å². The van der Waals surface area contributed by atoms with Gasteiger partial charge in [-0.05, 0) is 6.92 Å². The van der Waals surface area contributed by atoms with Gasteiger partial charge in [0.2, 0.25) is 11.6 Å². The molecule has 0 aliphatic carbocycles. The second-order valence-electron chi connectivity index (χ2n) is 5.16. The van der Waals surface area contributed by atoms with Crippen LogP contribution in [0.4, 0.5) is 61.5 Å². The van der Waals surface area contributed by atoms with Crippen molar-refractivity contribution < 1.29 is 61.5 Å². The smallest absolute Gasteiger partial charge is 0.230 e. The van der Waals surface area contributed by atoms with Crippen LogP contribution >= 0.6 is 0 Å². The molecule has 0 N–H and O–H groups in total. The summed E-state index contributed by atoms with van der Waals surface area (Å²) in [6.45, 7) is -1.43. The Balaban J connectivity index is 6.50. The van der Waals surface area contributed by atoms with E-state index in [9.17, 15) is 61.5 Å². The molecule has 0 bridgehead atoms. The molecule has 0 nitrogen and oxygen atoms in total. The molecule has 1 atom stereocenters. The first-order chi connectivity index (χ1) is 9.96. The van der Waals surface area contributed by atoms with Gasteiger partial charge in [0, 0.05) is 6.92 Å². The molecule has 0 spiro atoms. The third kappa shape index (κ3) is 3.37. The van der Waals surface area contributed by atoms with Crippen LogP contribution in [0.2, 0.25) is 0 Å². The SMILES string of the molecule is CC(F)(F)CC(F)(C(C)(F)F)C(F)(F)C(F)(F)C(F)(F)C(F)(F)F. The minimum Gasteiger partial charge on any atom is -0.230 e. The first-order valence-corrected chi connectivity index (χ1v) is 5.60. The van der Waals surface area contributed by atoms with E-state index in [1.165, 1.54) is 0 Å². The van der Waals surface area contributed by atoms with Crippen LogP contribution in [-0.4, -0.2) is 41.5 Å². The van der Waals surface area contributed by atoms with Gasteiger partial charge in [-0.2, -0.15) is 39.5 Å². The Hall–Kier alpha value is -0.980. The van der Waals surface area contributed by atoms with Gasteiger partial charge in [-0.3, -0.25) is 0 Å². The summed E-state index contributed by atoms with van der Waals surface area (Å²) in [4.78, 5) is 0. The fourth-order valence-corrected chi connectivity index (χ4v) is 1.59.